The van der Waals surface area contributed by atoms with E-state index in [9.17, 15) is 44.7 Å². The molecule has 2 N–H and O–H groups in total. The number of carbonyl (C=O) groups excluding carboxylic acids is 1. The Labute approximate surface area is 263 Å². The van der Waals surface area contributed by atoms with E-state index in [0.29, 0.717) is 23.2 Å². The highest BCUT2D eigenvalue weighted by Gasteiger charge is 2.36. The van der Waals surface area contributed by atoms with Gasteiger partial charge in [0.15, 0.2) is 9.84 Å². The lowest BCUT2D eigenvalue weighted by atomic mass is 9.86. The van der Waals surface area contributed by atoms with Gasteiger partial charge in [-0.2, -0.15) is 13.2 Å². The van der Waals surface area contributed by atoms with Crippen molar-refractivity contribution in [2.75, 3.05) is 30.4 Å². The third kappa shape index (κ3) is 9.01. The lowest BCUT2D eigenvalue weighted by Crippen LogP contribution is -2.46. The summed E-state index contributed by atoms with van der Waals surface area (Å²) in [5, 5.41) is 12.4. The fraction of sp³-hybridized carbons (Fsp3) is 0.406. The van der Waals surface area contributed by atoms with E-state index in [2.05, 4.69) is 10.1 Å². The quantitative estimate of drug-likeness (QED) is 0.222. The molecule has 0 aromatic heterocycles. The molecule has 1 aliphatic heterocycles. The number of hydrogen-bond acceptors (Lipinski definition) is 6. The van der Waals surface area contributed by atoms with Crippen molar-refractivity contribution in [3.05, 3.63) is 95.1 Å². The standard InChI is InChI=1S/C32H34F6N2O5S/c1-2-46(43,44)28-15-8-22(9-16-28)29(17-18-41)39-30(42)23-5-12-26(13-6-23)40-19-24(7-14-27(40)20-45-32(36,37)38)21-3-10-25(11-4-21)31(33,34)35/h3-6,8-13,15-16,24,27,29,41H,2,7,14,17-20H2,1H3,(H,39,42)/t24?,27-,29-/m0/s1. The van der Waals surface area contributed by atoms with Crippen LogP contribution in [0.5, 0.6) is 0 Å². The summed E-state index contributed by atoms with van der Waals surface area (Å²) in [6.07, 6.45) is -8.46. The van der Waals surface area contributed by atoms with Crippen LogP contribution in [0.4, 0.5) is 32.0 Å². The summed E-state index contributed by atoms with van der Waals surface area (Å²) in [6, 6.07) is 15.6. The normalized spacial score (nSPS) is 18.3. The fourth-order valence-corrected chi connectivity index (χ4v) is 6.38. The molecule has 7 nitrogen and oxygen atoms in total. The number of piperidine rings is 1. The average molecular weight is 673 g/mol. The van der Waals surface area contributed by atoms with Gasteiger partial charge in [0.05, 0.1) is 34.9 Å². The second kappa shape index (κ2) is 14.4. The first-order valence-corrected chi connectivity index (χ1v) is 16.3. The Morgan fingerprint density at radius 2 is 1.59 bits per heavy atom. The monoisotopic (exact) mass is 672 g/mol. The molecule has 46 heavy (non-hydrogen) atoms. The first-order chi connectivity index (χ1) is 21.6. The second-order valence-electron chi connectivity index (χ2n) is 11.0. The number of halogens is 6. The van der Waals surface area contributed by atoms with Gasteiger partial charge in [0.25, 0.3) is 5.91 Å². The van der Waals surface area contributed by atoms with Crippen LogP contribution in [0.25, 0.3) is 0 Å². The van der Waals surface area contributed by atoms with E-state index in [1.165, 1.54) is 43.3 Å². The minimum absolute atomic E-state index is 0.0671. The minimum atomic E-state index is -4.84. The van der Waals surface area contributed by atoms with Crippen LogP contribution < -0.4 is 10.2 Å². The van der Waals surface area contributed by atoms with E-state index in [-0.39, 0.29) is 48.1 Å². The molecular weight excluding hydrogens is 638 g/mol. The molecule has 3 aromatic rings. The highest BCUT2D eigenvalue weighted by Crippen LogP contribution is 2.36. The maximum absolute atomic E-state index is 13.1. The molecule has 1 aliphatic rings. The molecule has 1 saturated heterocycles. The van der Waals surface area contributed by atoms with Crippen LogP contribution in [0.15, 0.2) is 77.7 Å². The molecule has 0 saturated carbocycles. The van der Waals surface area contributed by atoms with E-state index >= 15 is 0 Å². The summed E-state index contributed by atoms with van der Waals surface area (Å²) >= 11 is 0. The smallest absolute Gasteiger partial charge is 0.396 e. The van der Waals surface area contributed by atoms with Crippen LogP contribution in [0.2, 0.25) is 0 Å². The van der Waals surface area contributed by atoms with Crippen LogP contribution in [-0.4, -0.2) is 57.3 Å². The van der Waals surface area contributed by atoms with Crippen LogP contribution >= 0.6 is 0 Å². The predicted molar refractivity (Wildman–Crippen MR) is 159 cm³/mol. The van der Waals surface area contributed by atoms with Gasteiger partial charge >= 0.3 is 12.5 Å². The molecule has 14 heteroatoms. The van der Waals surface area contributed by atoms with Crippen molar-refractivity contribution in [3.8, 4) is 0 Å². The Bertz CT molecular complexity index is 1560. The van der Waals surface area contributed by atoms with E-state index in [0.717, 1.165) is 12.1 Å². The molecule has 3 aromatic carbocycles. The van der Waals surface area contributed by atoms with Crippen molar-refractivity contribution in [1.29, 1.82) is 0 Å². The SMILES string of the molecule is CCS(=O)(=O)c1ccc([C@H](CCO)NC(=O)c2ccc(N3CC(c4ccc(C(F)(F)F)cc4)CC[C@H]3COC(F)(F)F)cc2)cc1. The van der Waals surface area contributed by atoms with Crippen LogP contribution in [0, 0.1) is 0 Å². The van der Waals surface area contributed by atoms with Crippen molar-refractivity contribution in [3.63, 3.8) is 0 Å². The highest BCUT2D eigenvalue weighted by molar-refractivity contribution is 7.91. The Hall–Kier alpha value is -3.62. The molecule has 1 fully saturated rings. The first-order valence-electron chi connectivity index (χ1n) is 14.6. The number of carbonyl (C=O) groups is 1. The number of anilines is 1. The zero-order chi connectivity index (χ0) is 33.7. The van der Waals surface area contributed by atoms with Crippen LogP contribution in [-0.2, 0) is 20.8 Å². The van der Waals surface area contributed by atoms with E-state index in [1.807, 2.05) is 0 Å². The number of aliphatic hydroxyl groups excluding tert-OH is 1. The van der Waals surface area contributed by atoms with Gasteiger partial charge in [0.2, 0.25) is 0 Å². The van der Waals surface area contributed by atoms with Crippen LogP contribution in [0.3, 0.4) is 0 Å². The zero-order valence-electron chi connectivity index (χ0n) is 24.8. The molecule has 4 rings (SSSR count). The largest absolute Gasteiger partial charge is 0.522 e. The summed E-state index contributed by atoms with van der Waals surface area (Å²) in [5.41, 5.74) is 1.15. The average Bonchev–Trinajstić information content (AvgIpc) is 3.03. The van der Waals surface area contributed by atoms with E-state index in [4.69, 9.17) is 0 Å². The molecule has 0 aliphatic carbocycles. The summed E-state index contributed by atoms with van der Waals surface area (Å²) in [5.74, 6) is -0.818. The van der Waals surface area contributed by atoms with Crippen molar-refractivity contribution < 1.29 is 49.4 Å². The molecular formula is C32H34F6N2O5S. The van der Waals surface area contributed by atoms with Gasteiger partial charge in [-0.15, -0.1) is 13.2 Å². The lowest BCUT2D eigenvalue weighted by molar-refractivity contribution is -0.326. The number of nitrogens with zero attached hydrogens (tertiary/aromatic N) is 1. The van der Waals surface area contributed by atoms with Gasteiger partial charge in [-0.3, -0.25) is 9.53 Å². The number of nitrogens with one attached hydrogen (secondary N) is 1. The number of sulfone groups is 1. The Morgan fingerprint density at radius 3 is 2.13 bits per heavy atom. The third-order valence-electron chi connectivity index (χ3n) is 8.06. The van der Waals surface area contributed by atoms with Gasteiger partial charge in [-0.1, -0.05) is 31.2 Å². The lowest BCUT2D eigenvalue weighted by Gasteiger charge is -2.41. The fourth-order valence-electron chi connectivity index (χ4n) is 5.50. The number of hydrogen-bond donors (Lipinski definition) is 2. The number of rotatable bonds is 11. The molecule has 250 valence electrons. The molecule has 1 heterocycles. The molecule has 0 bridgehead atoms. The van der Waals surface area contributed by atoms with Crippen LogP contribution in [0.1, 0.15) is 65.2 Å². The van der Waals surface area contributed by atoms with Crippen molar-refractivity contribution >= 4 is 21.4 Å². The van der Waals surface area contributed by atoms with Gasteiger partial charge in [-0.25, -0.2) is 8.42 Å². The summed E-state index contributed by atoms with van der Waals surface area (Å²) < 4.78 is 106. The Kier molecular flexibility index (Phi) is 11.1. The molecule has 1 unspecified atom stereocenters. The van der Waals surface area contributed by atoms with Crippen molar-refractivity contribution in [2.45, 2.75) is 61.6 Å². The summed E-state index contributed by atoms with van der Waals surface area (Å²) in [7, 11) is -3.42. The van der Waals surface area contributed by atoms with Crippen molar-refractivity contribution in [1.82, 2.24) is 5.32 Å². The molecule has 0 spiro atoms. The van der Waals surface area contributed by atoms with E-state index < -0.39 is 52.5 Å². The topological polar surface area (TPSA) is 95.9 Å². The summed E-state index contributed by atoms with van der Waals surface area (Å²) in [6.45, 7) is 0.843. The Morgan fingerprint density at radius 1 is 0.957 bits per heavy atom. The summed E-state index contributed by atoms with van der Waals surface area (Å²) in [4.78, 5) is 15.0. The molecule has 0 radical (unpaired) electrons. The number of benzene rings is 3. The van der Waals surface area contributed by atoms with E-state index in [1.54, 1.807) is 29.2 Å². The predicted octanol–water partition coefficient (Wildman–Crippen LogP) is 6.64. The minimum Gasteiger partial charge on any atom is -0.396 e. The number of ether oxygens (including phenoxy) is 1. The zero-order valence-corrected chi connectivity index (χ0v) is 25.6. The van der Waals surface area contributed by atoms with Crippen molar-refractivity contribution in [2.24, 2.45) is 0 Å². The third-order valence-corrected chi connectivity index (χ3v) is 9.81. The number of aliphatic hydroxyl groups is 1. The number of alkyl halides is 6. The van der Waals surface area contributed by atoms with Gasteiger partial charge in [0.1, 0.15) is 0 Å². The molecule has 1 amide bonds. The number of amides is 1. The first kappa shape index (κ1) is 35.2. The van der Waals surface area contributed by atoms with Gasteiger partial charge < -0.3 is 15.3 Å². The Balaban J connectivity index is 1.52. The molecule has 3 atom stereocenters. The highest BCUT2D eigenvalue weighted by atomic mass is 32.2. The van der Waals surface area contributed by atoms with Gasteiger partial charge in [-0.05, 0) is 78.9 Å². The maximum Gasteiger partial charge on any atom is 0.522 e. The van der Waals surface area contributed by atoms with Gasteiger partial charge in [0, 0.05) is 30.3 Å². The second-order valence-corrected chi connectivity index (χ2v) is 13.3. The maximum atomic E-state index is 13.1.